The lowest BCUT2D eigenvalue weighted by Gasteiger charge is -2.71. The van der Waals surface area contributed by atoms with E-state index >= 15 is 0 Å². The summed E-state index contributed by atoms with van der Waals surface area (Å²) in [5.74, 6) is 0.468. The maximum atomic E-state index is 13.4. The molecule has 4 fully saturated rings. The van der Waals surface area contributed by atoms with Crippen LogP contribution in [0.4, 0.5) is 0 Å². The number of hydrogen-bond acceptors (Lipinski definition) is 6. The molecule has 12 atom stereocenters. The molecule has 6 rings (SSSR count). The number of allylic oxidation sites excluding steroid dienone is 1. The van der Waals surface area contributed by atoms with Crippen molar-refractivity contribution in [3.63, 3.8) is 0 Å². The van der Waals surface area contributed by atoms with E-state index < -0.39 is 17.4 Å². The van der Waals surface area contributed by atoms with Crippen molar-refractivity contribution in [2.75, 3.05) is 19.8 Å². The van der Waals surface area contributed by atoms with Crippen LogP contribution in [0.1, 0.15) is 121 Å². The summed E-state index contributed by atoms with van der Waals surface area (Å²) in [6, 6.07) is -0.00695. The summed E-state index contributed by atoms with van der Waals surface area (Å²) < 4.78 is 15.8. The number of fused-ring (bicyclic) bond motifs is 3. The van der Waals surface area contributed by atoms with Crippen LogP contribution < -0.4 is 5.73 Å². The first-order valence-electron chi connectivity index (χ1n) is 18.5. The minimum absolute atomic E-state index is 0.00695. The molecule has 3 N–H and O–H groups in total. The molecule has 0 radical (unpaired) electrons. The monoisotopic (exact) mass is 652 g/mol. The summed E-state index contributed by atoms with van der Waals surface area (Å²) in [6.45, 7) is 26.7. The summed E-state index contributed by atoms with van der Waals surface area (Å²) in [5, 5.41) is 15.7. The SMILES string of the molecule is CC(C)[C@@H](C)[C@@]1(C)CC[C@]2(C)[C@H]3CC[C@@H]4C5(COC[C@]4(C)[C@@H](OC[C@@](C)(N)C(C)(C)C)[C@H](n4cncn4)C5)C3=CC[C@@]2(C)[C@@H]1C(=O)O. The van der Waals surface area contributed by atoms with E-state index in [1.54, 1.807) is 6.33 Å². The second-order valence-electron chi connectivity index (χ2n) is 19.4. The highest BCUT2D eigenvalue weighted by molar-refractivity contribution is 5.73. The molecule has 5 aliphatic rings. The zero-order chi connectivity index (χ0) is 34.6. The molecule has 8 nitrogen and oxygen atoms in total. The lowest BCUT2D eigenvalue weighted by atomic mass is 9.34. The largest absolute Gasteiger partial charge is 0.481 e. The molecule has 264 valence electrons. The van der Waals surface area contributed by atoms with Crippen LogP contribution in [-0.4, -0.2) is 57.3 Å². The van der Waals surface area contributed by atoms with Gasteiger partial charge in [0, 0.05) is 16.4 Å². The number of aromatic nitrogens is 3. The van der Waals surface area contributed by atoms with Crippen LogP contribution in [0.3, 0.4) is 0 Å². The van der Waals surface area contributed by atoms with Crippen molar-refractivity contribution in [3.05, 3.63) is 24.3 Å². The predicted molar refractivity (Wildman–Crippen MR) is 184 cm³/mol. The quantitative estimate of drug-likeness (QED) is 0.293. The summed E-state index contributed by atoms with van der Waals surface area (Å²) in [6.07, 6.45) is 11.7. The van der Waals surface area contributed by atoms with Crippen molar-refractivity contribution in [2.24, 2.45) is 67.8 Å². The first-order chi connectivity index (χ1) is 21.7. The normalized spacial score (nSPS) is 45.2. The van der Waals surface area contributed by atoms with Crippen LogP contribution in [0.2, 0.25) is 0 Å². The second-order valence-corrected chi connectivity index (χ2v) is 19.4. The molecule has 0 aromatic carbocycles. The molecule has 2 bridgehead atoms. The van der Waals surface area contributed by atoms with Crippen LogP contribution in [0, 0.1) is 62.1 Å². The summed E-state index contributed by atoms with van der Waals surface area (Å²) in [4.78, 5) is 17.8. The number of rotatable bonds is 7. The fourth-order valence-corrected chi connectivity index (χ4v) is 12.0. The number of ether oxygens (including phenoxy) is 2. The minimum atomic E-state index is -0.614. The molecule has 2 heterocycles. The first-order valence-corrected chi connectivity index (χ1v) is 18.5. The first kappa shape index (κ1) is 35.1. The molecule has 3 saturated carbocycles. The van der Waals surface area contributed by atoms with Gasteiger partial charge in [-0.3, -0.25) is 4.79 Å². The number of aliphatic carboxylic acids is 1. The molecule has 0 amide bonds. The number of nitrogens with zero attached hydrogens (tertiary/aromatic N) is 3. The molecular formula is C39H64N4O4. The minimum Gasteiger partial charge on any atom is -0.481 e. The van der Waals surface area contributed by atoms with Crippen molar-refractivity contribution in [1.29, 1.82) is 0 Å². The highest BCUT2D eigenvalue weighted by atomic mass is 16.5. The van der Waals surface area contributed by atoms with Crippen LogP contribution >= 0.6 is 0 Å². The van der Waals surface area contributed by atoms with E-state index in [2.05, 4.69) is 87.2 Å². The third-order valence-corrected chi connectivity index (χ3v) is 16.1. The van der Waals surface area contributed by atoms with Gasteiger partial charge in [-0.05, 0) is 90.8 Å². The average molecular weight is 653 g/mol. The summed E-state index contributed by atoms with van der Waals surface area (Å²) in [5.41, 5.74) is 6.70. The third kappa shape index (κ3) is 4.80. The van der Waals surface area contributed by atoms with E-state index in [1.807, 2.05) is 11.0 Å². The smallest absolute Gasteiger partial charge is 0.307 e. The lowest BCUT2D eigenvalue weighted by molar-refractivity contribution is -0.253. The maximum absolute atomic E-state index is 13.4. The predicted octanol–water partition coefficient (Wildman–Crippen LogP) is 7.56. The molecular weight excluding hydrogens is 588 g/mol. The Kier molecular flexibility index (Phi) is 8.29. The van der Waals surface area contributed by atoms with Gasteiger partial charge in [-0.25, -0.2) is 9.67 Å². The highest BCUT2D eigenvalue weighted by Gasteiger charge is 2.72. The number of hydrogen-bond donors (Lipinski definition) is 2. The molecule has 4 aliphatic carbocycles. The Morgan fingerprint density at radius 1 is 1.11 bits per heavy atom. The zero-order valence-corrected chi connectivity index (χ0v) is 31.2. The van der Waals surface area contributed by atoms with Gasteiger partial charge < -0.3 is 20.3 Å². The number of nitrogens with two attached hydrogens (primary N) is 1. The van der Waals surface area contributed by atoms with Crippen molar-refractivity contribution in [2.45, 2.75) is 132 Å². The molecule has 1 unspecified atom stereocenters. The second kappa shape index (κ2) is 11.1. The standard InChI is InChI=1S/C39H64N4O4/c1-24(2)25(3)34(7)16-17-36(9)26-12-13-29-35(8)19-46-21-39(29,27(26)14-15-37(36,10)30(34)32(44)45)18-28(43-23-41-22-42-43)31(35)47-20-38(11,40)33(4,5)6/h14,22-26,28-31H,12-13,15-21,40H2,1-11H3,(H,44,45)/t25-,26+,28-,29+,30-,31+,34-,35+,36-,37+,38-,39?/m1/s1. The molecule has 1 aliphatic heterocycles. The van der Waals surface area contributed by atoms with E-state index in [-0.39, 0.29) is 44.6 Å². The number of carbonyl (C=O) groups is 1. The Morgan fingerprint density at radius 3 is 2.40 bits per heavy atom. The molecule has 0 spiro atoms. The lowest BCUT2D eigenvalue weighted by Crippen LogP contribution is -2.69. The van der Waals surface area contributed by atoms with Gasteiger partial charge >= 0.3 is 5.97 Å². The van der Waals surface area contributed by atoms with Crippen molar-refractivity contribution in [1.82, 2.24) is 14.8 Å². The maximum Gasteiger partial charge on any atom is 0.307 e. The average Bonchev–Trinajstić information content (AvgIpc) is 3.50. The fraction of sp³-hybridized carbons (Fsp3) is 0.872. The van der Waals surface area contributed by atoms with Crippen LogP contribution in [0.15, 0.2) is 24.3 Å². The van der Waals surface area contributed by atoms with Gasteiger partial charge in [0.05, 0.1) is 37.9 Å². The van der Waals surface area contributed by atoms with E-state index in [0.29, 0.717) is 43.5 Å². The van der Waals surface area contributed by atoms with Crippen LogP contribution in [0.25, 0.3) is 0 Å². The number of carboxylic acid groups (broad SMARTS) is 1. The van der Waals surface area contributed by atoms with Gasteiger partial charge in [-0.15, -0.1) is 0 Å². The van der Waals surface area contributed by atoms with Gasteiger partial charge in [0.15, 0.2) is 0 Å². The van der Waals surface area contributed by atoms with Crippen LogP contribution in [-0.2, 0) is 14.3 Å². The fourth-order valence-electron chi connectivity index (χ4n) is 12.0. The summed E-state index contributed by atoms with van der Waals surface area (Å²) >= 11 is 0. The zero-order valence-electron chi connectivity index (χ0n) is 31.2. The van der Waals surface area contributed by atoms with Crippen molar-refractivity contribution in [3.8, 4) is 0 Å². The Labute approximate surface area is 284 Å². The number of carboxylic acids is 1. The molecule has 1 aromatic heterocycles. The van der Waals surface area contributed by atoms with E-state index in [0.717, 1.165) is 38.5 Å². The van der Waals surface area contributed by atoms with E-state index in [9.17, 15) is 9.90 Å². The van der Waals surface area contributed by atoms with E-state index in [1.165, 1.54) is 5.57 Å². The highest BCUT2D eigenvalue weighted by Crippen LogP contribution is 2.75. The third-order valence-electron chi connectivity index (χ3n) is 16.1. The van der Waals surface area contributed by atoms with Gasteiger partial charge in [0.25, 0.3) is 0 Å². The Hall–Kier alpha value is -1.77. The van der Waals surface area contributed by atoms with Gasteiger partial charge in [0.1, 0.15) is 12.7 Å². The van der Waals surface area contributed by atoms with Crippen molar-refractivity contribution >= 4 is 5.97 Å². The van der Waals surface area contributed by atoms with Crippen molar-refractivity contribution < 1.29 is 19.4 Å². The Morgan fingerprint density at radius 2 is 1.81 bits per heavy atom. The molecule has 1 aromatic rings. The molecule has 47 heavy (non-hydrogen) atoms. The van der Waals surface area contributed by atoms with Gasteiger partial charge in [0.2, 0.25) is 0 Å². The summed E-state index contributed by atoms with van der Waals surface area (Å²) in [7, 11) is 0. The Balaban J connectivity index is 1.43. The van der Waals surface area contributed by atoms with Crippen LogP contribution in [0.5, 0.6) is 0 Å². The van der Waals surface area contributed by atoms with Gasteiger partial charge in [-0.1, -0.05) is 80.9 Å². The Bertz CT molecular complexity index is 1380. The van der Waals surface area contributed by atoms with Gasteiger partial charge in [-0.2, -0.15) is 5.10 Å². The topological polar surface area (TPSA) is 112 Å². The van der Waals surface area contributed by atoms with E-state index in [4.69, 9.17) is 20.3 Å². The molecule has 8 heteroatoms. The molecule has 1 saturated heterocycles.